The maximum atomic E-state index is 14.3. The van der Waals surface area contributed by atoms with E-state index in [1.165, 1.54) is 6.07 Å². The molecule has 3 aromatic carbocycles. The van der Waals surface area contributed by atoms with Crippen LogP contribution >= 0.6 is 11.8 Å². The number of likely N-dealkylation sites (tertiary alicyclic amines) is 1. The lowest BCUT2D eigenvalue weighted by molar-refractivity contribution is -0.136. The summed E-state index contributed by atoms with van der Waals surface area (Å²) in [4.78, 5) is 21.0. The van der Waals surface area contributed by atoms with Crippen molar-refractivity contribution in [2.24, 2.45) is 0 Å². The minimum absolute atomic E-state index is 0.112. The lowest BCUT2D eigenvalue weighted by Crippen LogP contribution is -2.53. The normalized spacial score (nSPS) is 20.3. The average Bonchev–Trinajstić information content (AvgIpc) is 3.32. The molecular formula is C29H32FN3O3S. The molecule has 2 fully saturated rings. The van der Waals surface area contributed by atoms with Gasteiger partial charge in [-0.05, 0) is 48.9 Å². The second-order valence-electron chi connectivity index (χ2n) is 9.49. The number of methoxy groups -OCH3 is 1. The van der Waals surface area contributed by atoms with Crippen LogP contribution in [0.2, 0.25) is 0 Å². The number of amides is 1. The van der Waals surface area contributed by atoms with Crippen LogP contribution in [0.25, 0.3) is 0 Å². The van der Waals surface area contributed by atoms with E-state index in [1.807, 2.05) is 58.3 Å². The molecule has 3 aromatic rings. The van der Waals surface area contributed by atoms with Crippen molar-refractivity contribution in [1.29, 1.82) is 0 Å². The van der Waals surface area contributed by atoms with E-state index in [1.54, 1.807) is 37.1 Å². The van der Waals surface area contributed by atoms with Crippen molar-refractivity contribution in [1.82, 2.24) is 9.80 Å². The van der Waals surface area contributed by atoms with E-state index in [9.17, 15) is 14.3 Å². The molecule has 6 nitrogen and oxygen atoms in total. The van der Waals surface area contributed by atoms with E-state index < -0.39 is 0 Å². The van der Waals surface area contributed by atoms with Gasteiger partial charge in [0.2, 0.25) is 5.91 Å². The number of phenolic OH excluding ortho intramolecular Hbond substituents is 1. The fourth-order valence-electron chi connectivity index (χ4n) is 5.18. The first kappa shape index (κ1) is 25.4. The van der Waals surface area contributed by atoms with Crippen molar-refractivity contribution in [3.05, 3.63) is 84.2 Å². The van der Waals surface area contributed by atoms with Gasteiger partial charge in [0.15, 0.2) is 0 Å². The number of hydrogen-bond donors (Lipinski definition) is 1. The standard InChI is InChI=1S/C29H32FN3O3S/c1-36-22-10-12-23(13-11-22)37-24-18-27(33(20-24)19-21-6-2-5-9-28(21)34)29(35)32-16-14-31(15-17-32)26-8-4-3-7-25(26)30/h2-13,24,27,34H,14-20H2,1H3/t24-,27+/m1/s1. The van der Waals surface area contributed by atoms with E-state index in [0.29, 0.717) is 38.4 Å². The number of nitrogens with zero attached hydrogens (tertiary/aromatic N) is 3. The van der Waals surface area contributed by atoms with Gasteiger partial charge in [0.25, 0.3) is 0 Å². The Morgan fingerprint density at radius 1 is 1.00 bits per heavy atom. The summed E-state index contributed by atoms with van der Waals surface area (Å²) >= 11 is 1.78. The van der Waals surface area contributed by atoms with Crippen molar-refractivity contribution in [2.75, 3.05) is 44.7 Å². The van der Waals surface area contributed by atoms with Crippen LogP contribution in [-0.4, -0.2) is 71.9 Å². The van der Waals surface area contributed by atoms with Gasteiger partial charge >= 0.3 is 0 Å². The molecule has 37 heavy (non-hydrogen) atoms. The fourth-order valence-corrected chi connectivity index (χ4v) is 6.40. The highest BCUT2D eigenvalue weighted by molar-refractivity contribution is 8.00. The molecule has 1 N–H and O–H groups in total. The van der Waals surface area contributed by atoms with Crippen LogP contribution in [0.5, 0.6) is 11.5 Å². The first-order chi connectivity index (χ1) is 18.0. The van der Waals surface area contributed by atoms with Crippen LogP contribution in [0, 0.1) is 5.82 Å². The Balaban J connectivity index is 1.28. The van der Waals surface area contributed by atoms with Crippen LogP contribution in [0.15, 0.2) is 77.7 Å². The molecule has 0 saturated carbocycles. The number of piperazine rings is 1. The Morgan fingerprint density at radius 3 is 2.41 bits per heavy atom. The number of aromatic hydroxyl groups is 1. The molecule has 0 spiro atoms. The summed E-state index contributed by atoms with van der Waals surface area (Å²) < 4.78 is 19.5. The minimum Gasteiger partial charge on any atom is -0.508 e. The number of halogens is 1. The summed E-state index contributed by atoms with van der Waals surface area (Å²) in [5.74, 6) is 0.949. The molecule has 1 amide bonds. The molecule has 0 aliphatic carbocycles. The quantitative estimate of drug-likeness (QED) is 0.490. The molecule has 0 unspecified atom stereocenters. The molecule has 2 saturated heterocycles. The molecule has 8 heteroatoms. The molecule has 2 aliphatic heterocycles. The third-order valence-corrected chi connectivity index (χ3v) is 8.38. The molecule has 2 atom stereocenters. The summed E-state index contributed by atoms with van der Waals surface area (Å²) in [6.07, 6.45) is 0.733. The van der Waals surface area contributed by atoms with Crippen molar-refractivity contribution in [3.8, 4) is 11.5 Å². The third-order valence-electron chi connectivity index (χ3n) is 7.16. The maximum absolute atomic E-state index is 14.3. The highest BCUT2D eigenvalue weighted by Crippen LogP contribution is 2.36. The summed E-state index contributed by atoms with van der Waals surface area (Å²) in [7, 11) is 1.66. The van der Waals surface area contributed by atoms with E-state index in [4.69, 9.17) is 4.74 Å². The van der Waals surface area contributed by atoms with Crippen LogP contribution in [0.4, 0.5) is 10.1 Å². The maximum Gasteiger partial charge on any atom is 0.240 e. The van der Waals surface area contributed by atoms with Crippen LogP contribution in [0.3, 0.4) is 0 Å². The van der Waals surface area contributed by atoms with Gasteiger partial charge < -0.3 is 19.6 Å². The van der Waals surface area contributed by atoms with Crippen molar-refractivity contribution >= 4 is 23.4 Å². The van der Waals surface area contributed by atoms with E-state index in [2.05, 4.69) is 4.90 Å². The molecule has 2 aliphatic rings. The van der Waals surface area contributed by atoms with E-state index in [0.717, 1.165) is 29.2 Å². The number of thioether (sulfide) groups is 1. The largest absolute Gasteiger partial charge is 0.508 e. The van der Waals surface area contributed by atoms with Gasteiger partial charge in [-0.15, -0.1) is 11.8 Å². The van der Waals surface area contributed by atoms with Gasteiger partial charge in [0.1, 0.15) is 17.3 Å². The summed E-state index contributed by atoms with van der Waals surface area (Å²) in [6, 6.07) is 21.9. The number of carbonyl (C=O) groups is 1. The van der Waals surface area contributed by atoms with Gasteiger partial charge in [-0.1, -0.05) is 30.3 Å². The zero-order valence-corrected chi connectivity index (χ0v) is 21.7. The predicted molar refractivity (Wildman–Crippen MR) is 145 cm³/mol. The number of para-hydroxylation sites is 2. The van der Waals surface area contributed by atoms with E-state index in [-0.39, 0.29) is 28.8 Å². The van der Waals surface area contributed by atoms with Gasteiger partial charge in [-0.3, -0.25) is 9.69 Å². The van der Waals surface area contributed by atoms with Crippen molar-refractivity contribution in [2.45, 2.75) is 29.2 Å². The number of benzene rings is 3. The predicted octanol–water partition coefficient (Wildman–Crippen LogP) is 4.62. The number of rotatable bonds is 7. The second kappa shape index (κ2) is 11.4. The zero-order chi connectivity index (χ0) is 25.8. The summed E-state index contributed by atoms with van der Waals surface area (Å²) in [5.41, 5.74) is 1.41. The van der Waals surface area contributed by atoms with Gasteiger partial charge in [0, 0.05) is 55.0 Å². The highest BCUT2D eigenvalue weighted by Gasteiger charge is 2.40. The Hall–Kier alpha value is -3.23. The number of carbonyl (C=O) groups excluding carboxylic acids is 1. The third kappa shape index (κ3) is 5.86. The molecule has 2 heterocycles. The summed E-state index contributed by atoms with van der Waals surface area (Å²) in [6.45, 7) is 3.58. The zero-order valence-electron chi connectivity index (χ0n) is 20.9. The average molecular weight is 522 g/mol. The smallest absolute Gasteiger partial charge is 0.240 e. The molecule has 0 aromatic heterocycles. The van der Waals surface area contributed by atoms with Gasteiger partial charge in [-0.2, -0.15) is 0 Å². The highest BCUT2D eigenvalue weighted by atomic mass is 32.2. The van der Waals surface area contributed by atoms with Crippen LogP contribution in [0.1, 0.15) is 12.0 Å². The molecule has 194 valence electrons. The Bertz CT molecular complexity index is 1220. The van der Waals surface area contributed by atoms with E-state index >= 15 is 0 Å². The minimum atomic E-state index is -0.268. The Labute approximate surface area is 221 Å². The number of hydrogen-bond acceptors (Lipinski definition) is 6. The van der Waals surface area contributed by atoms with Crippen molar-refractivity contribution < 1.29 is 19.0 Å². The number of phenols is 1. The van der Waals surface area contributed by atoms with Crippen molar-refractivity contribution in [3.63, 3.8) is 0 Å². The molecule has 5 rings (SSSR count). The molecule has 0 radical (unpaired) electrons. The number of anilines is 1. The van der Waals surface area contributed by atoms with Crippen LogP contribution < -0.4 is 9.64 Å². The monoisotopic (exact) mass is 521 g/mol. The topological polar surface area (TPSA) is 56.2 Å². The lowest BCUT2D eigenvalue weighted by Gasteiger charge is -2.38. The Morgan fingerprint density at radius 2 is 1.70 bits per heavy atom. The number of ether oxygens (including phenoxy) is 1. The molecule has 0 bridgehead atoms. The Kier molecular flexibility index (Phi) is 7.86. The second-order valence-corrected chi connectivity index (χ2v) is 10.9. The van der Waals surface area contributed by atoms with Gasteiger partial charge in [-0.25, -0.2) is 4.39 Å². The fraction of sp³-hybridized carbons (Fsp3) is 0.345. The summed E-state index contributed by atoms with van der Waals surface area (Å²) in [5, 5.41) is 10.6. The van der Waals surface area contributed by atoms with Gasteiger partial charge in [0.05, 0.1) is 18.8 Å². The first-order valence-electron chi connectivity index (χ1n) is 12.6. The SMILES string of the molecule is COc1ccc(S[C@@H]2C[C@@H](C(=O)N3CCN(c4ccccc4F)CC3)N(Cc3ccccc3O)C2)cc1. The first-order valence-corrected chi connectivity index (χ1v) is 13.5. The molecular weight excluding hydrogens is 489 g/mol. The van der Waals surface area contributed by atoms with Crippen LogP contribution in [-0.2, 0) is 11.3 Å². The lowest BCUT2D eigenvalue weighted by atomic mass is 10.1.